The Balaban J connectivity index is 2.60. The first-order valence-electron chi connectivity index (χ1n) is 5.98. The summed E-state index contributed by atoms with van der Waals surface area (Å²) in [5, 5.41) is 14.4. The highest BCUT2D eigenvalue weighted by molar-refractivity contribution is 9.10. The summed E-state index contributed by atoms with van der Waals surface area (Å²) >= 11 is 5.38. The topological polar surface area (TPSA) is 38.0 Å². The van der Waals surface area contributed by atoms with Crippen molar-refractivity contribution in [2.45, 2.75) is 45.8 Å². The normalized spacial score (nSPS) is 13.0. The molecule has 1 N–H and O–H groups in total. The van der Waals surface area contributed by atoms with E-state index < -0.39 is 0 Å². The number of hydrogen-bond donors (Lipinski definition) is 1. The number of rotatable bonds is 7. The van der Waals surface area contributed by atoms with Crippen LogP contribution < -0.4 is 0 Å². The van der Waals surface area contributed by atoms with Crippen molar-refractivity contribution in [3.8, 4) is 0 Å². The average Bonchev–Trinajstić information content (AvgIpc) is 2.57. The van der Waals surface area contributed by atoms with Crippen LogP contribution in [-0.2, 0) is 13.0 Å². The molecule has 0 aliphatic heterocycles. The highest BCUT2D eigenvalue weighted by Gasteiger charge is 2.15. The lowest BCUT2D eigenvalue weighted by molar-refractivity contribution is 0.161. The van der Waals surface area contributed by atoms with Crippen molar-refractivity contribution in [3.05, 3.63) is 15.9 Å². The molecule has 1 aromatic heterocycles. The summed E-state index contributed by atoms with van der Waals surface area (Å²) < 4.78 is 3.01. The average molecular weight is 321 g/mol. The highest BCUT2D eigenvalue weighted by atomic mass is 79.9. The van der Waals surface area contributed by atoms with Gasteiger partial charge in [-0.1, -0.05) is 0 Å². The van der Waals surface area contributed by atoms with Crippen LogP contribution in [0.2, 0.25) is 0 Å². The molecule has 0 aromatic carbocycles. The van der Waals surface area contributed by atoms with E-state index in [0.717, 1.165) is 41.0 Å². The summed E-state index contributed by atoms with van der Waals surface area (Å²) in [5.41, 5.74) is 2.11. The molecule has 0 amide bonds. The van der Waals surface area contributed by atoms with Gasteiger partial charge in [0.25, 0.3) is 0 Å². The van der Waals surface area contributed by atoms with Crippen molar-refractivity contribution in [1.82, 2.24) is 9.78 Å². The molecule has 0 aliphatic rings. The minimum absolute atomic E-state index is 0.264. The maximum atomic E-state index is 10.0. The third-order valence-electron chi connectivity index (χ3n) is 2.77. The number of thioether (sulfide) groups is 1. The quantitative estimate of drug-likeness (QED) is 0.785. The van der Waals surface area contributed by atoms with Crippen molar-refractivity contribution in [1.29, 1.82) is 0 Å². The molecule has 0 aliphatic carbocycles. The molecule has 17 heavy (non-hydrogen) atoms. The zero-order valence-electron chi connectivity index (χ0n) is 10.7. The molecule has 0 saturated heterocycles. The lowest BCUT2D eigenvalue weighted by Crippen LogP contribution is -2.15. The van der Waals surface area contributed by atoms with Crippen LogP contribution in [0.4, 0.5) is 0 Å². The number of aliphatic hydroxyl groups excluding tert-OH is 1. The Bertz CT molecular complexity index is 355. The van der Waals surface area contributed by atoms with E-state index in [2.05, 4.69) is 34.2 Å². The van der Waals surface area contributed by atoms with Crippen LogP contribution in [0.25, 0.3) is 0 Å². The van der Waals surface area contributed by atoms with Crippen LogP contribution in [0.5, 0.6) is 0 Å². The van der Waals surface area contributed by atoms with Crippen LogP contribution in [-0.4, -0.2) is 33.0 Å². The molecule has 1 atom stereocenters. The van der Waals surface area contributed by atoms with Crippen LogP contribution in [0, 0.1) is 6.92 Å². The Kier molecular flexibility index (Phi) is 6.59. The first kappa shape index (κ1) is 15.1. The summed E-state index contributed by atoms with van der Waals surface area (Å²) in [4.78, 5) is 0. The molecular weight excluding hydrogens is 300 g/mol. The van der Waals surface area contributed by atoms with Gasteiger partial charge in [0, 0.05) is 13.0 Å². The van der Waals surface area contributed by atoms with E-state index in [9.17, 15) is 5.11 Å². The number of aliphatic hydroxyl groups is 1. The van der Waals surface area contributed by atoms with Gasteiger partial charge < -0.3 is 5.11 Å². The van der Waals surface area contributed by atoms with Gasteiger partial charge >= 0.3 is 0 Å². The van der Waals surface area contributed by atoms with Gasteiger partial charge in [-0.15, -0.1) is 0 Å². The van der Waals surface area contributed by atoms with E-state index in [1.165, 1.54) is 0 Å². The monoisotopic (exact) mass is 320 g/mol. The lowest BCUT2D eigenvalue weighted by Gasteiger charge is -2.11. The van der Waals surface area contributed by atoms with Gasteiger partial charge in [0.05, 0.1) is 22.0 Å². The lowest BCUT2D eigenvalue weighted by atomic mass is 10.1. The van der Waals surface area contributed by atoms with Gasteiger partial charge in [0.15, 0.2) is 0 Å². The Labute approximate surface area is 116 Å². The van der Waals surface area contributed by atoms with Crippen molar-refractivity contribution >= 4 is 27.7 Å². The van der Waals surface area contributed by atoms with Crippen molar-refractivity contribution in [2.75, 3.05) is 12.0 Å². The third-order valence-corrected chi connectivity index (χ3v) is 4.50. The van der Waals surface area contributed by atoms with E-state index in [1.807, 2.05) is 23.4 Å². The van der Waals surface area contributed by atoms with Crippen LogP contribution in [0.1, 0.15) is 31.2 Å². The first-order valence-corrected chi connectivity index (χ1v) is 8.17. The minimum Gasteiger partial charge on any atom is -0.393 e. The van der Waals surface area contributed by atoms with E-state index in [-0.39, 0.29) is 6.10 Å². The summed E-state index contributed by atoms with van der Waals surface area (Å²) in [5.74, 6) is 1.12. The molecule has 98 valence electrons. The standard InChI is InChI=1S/C12H21BrN2OS/c1-4-15-11(12(13)9(2)14-15)8-10(16)6-5-7-17-3/h10,16H,4-8H2,1-3H3. The van der Waals surface area contributed by atoms with Gasteiger partial charge in [-0.3, -0.25) is 4.68 Å². The van der Waals surface area contributed by atoms with Crippen LogP contribution in [0.15, 0.2) is 4.47 Å². The SMILES string of the molecule is CCn1nc(C)c(Br)c1CC(O)CCCSC. The van der Waals surface area contributed by atoms with E-state index >= 15 is 0 Å². The minimum atomic E-state index is -0.264. The summed E-state index contributed by atoms with van der Waals surface area (Å²) in [7, 11) is 0. The second-order valence-corrected chi connectivity index (χ2v) is 5.93. The Morgan fingerprint density at radius 3 is 2.82 bits per heavy atom. The number of aryl methyl sites for hydroxylation is 2. The smallest absolute Gasteiger partial charge is 0.0738 e. The predicted molar refractivity (Wildman–Crippen MR) is 77.7 cm³/mol. The third kappa shape index (κ3) is 4.30. The molecule has 5 heteroatoms. The van der Waals surface area contributed by atoms with Gasteiger partial charge in [-0.25, -0.2) is 0 Å². The Morgan fingerprint density at radius 1 is 1.53 bits per heavy atom. The fraction of sp³-hybridized carbons (Fsp3) is 0.750. The first-order chi connectivity index (χ1) is 8.10. The molecule has 0 spiro atoms. The van der Waals surface area contributed by atoms with E-state index in [4.69, 9.17) is 0 Å². The largest absolute Gasteiger partial charge is 0.393 e. The summed E-state index contributed by atoms with van der Waals surface area (Å²) in [6.45, 7) is 4.90. The zero-order chi connectivity index (χ0) is 12.8. The van der Waals surface area contributed by atoms with Crippen molar-refractivity contribution in [3.63, 3.8) is 0 Å². The van der Waals surface area contributed by atoms with Crippen LogP contribution >= 0.6 is 27.7 Å². The van der Waals surface area contributed by atoms with Crippen molar-refractivity contribution in [2.24, 2.45) is 0 Å². The maximum absolute atomic E-state index is 10.0. The number of aromatic nitrogens is 2. The molecule has 0 fully saturated rings. The number of hydrogen-bond acceptors (Lipinski definition) is 3. The molecule has 0 saturated carbocycles. The van der Waals surface area contributed by atoms with E-state index in [0.29, 0.717) is 6.42 Å². The van der Waals surface area contributed by atoms with Crippen LogP contribution in [0.3, 0.4) is 0 Å². The van der Waals surface area contributed by atoms with Gasteiger partial charge in [0.2, 0.25) is 0 Å². The molecule has 1 aromatic rings. The molecule has 3 nitrogen and oxygen atoms in total. The summed E-state index contributed by atoms with van der Waals surface area (Å²) in [6, 6.07) is 0. The van der Waals surface area contributed by atoms with Gasteiger partial charge in [-0.2, -0.15) is 16.9 Å². The van der Waals surface area contributed by atoms with Gasteiger partial charge in [-0.05, 0) is 54.6 Å². The second kappa shape index (κ2) is 7.44. The van der Waals surface area contributed by atoms with Crippen molar-refractivity contribution < 1.29 is 5.11 Å². The number of nitrogens with zero attached hydrogens (tertiary/aromatic N) is 2. The maximum Gasteiger partial charge on any atom is 0.0738 e. The Morgan fingerprint density at radius 2 is 2.24 bits per heavy atom. The highest BCUT2D eigenvalue weighted by Crippen LogP contribution is 2.23. The van der Waals surface area contributed by atoms with Gasteiger partial charge in [0.1, 0.15) is 0 Å². The fourth-order valence-corrected chi connectivity index (χ4v) is 2.75. The zero-order valence-corrected chi connectivity index (χ0v) is 13.1. The summed E-state index contributed by atoms with van der Waals surface area (Å²) in [6.07, 6.45) is 4.45. The molecule has 1 unspecified atom stereocenters. The number of halogens is 1. The fourth-order valence-electron chi connectivity index (χ4n) is 1.85. The molecular formula is C12H21BrN2OS. The molecule has 0 radical (unpaired) electrons. The molecule has 1 rings (SSSR count). The predicted octanol–water partition coefficient (Wildman–Crippen LogP) is 3.02. The molecule has 0 bridgehead atoms. The molecule has 1 heterocycles. The van der Waals surface area contributed by atoms with E-state index in [1.54, 1.807) is 0 Å². The Hall–Kier alpha value is -0.0000000000000000555. The second-order valence-electron chi connectivity index (χ2n) is 4.15.